The molecule has 0 aliphatic carbocycles. The molecule has 2 aromatic carbocycles. The lowest BCUT2D eigenvalue weighted by molar-refractivity contribution is -0.202. The van der Waals surface area contributed by atoms with Crippen LogP contribution in [0.2, 0.25) is 0 Å². The number of rotatable bonds is 19. The predicted octanol–water partition coefficient (Wildman–Crippen LogP) is 5.12. The van der Waals surface area contributed by atoms with Crippen molar-refractivity contribution in [3.8, 4) is 0 Å². The van der Waals surface area contributed by atoms with E-state index >= 15 is 0 Å². The van der Waals surface area contributed by atoms with Crippen LogP contribution in [-0.2, 0) is 53.1 Å². The van der Waals surface area contributed by atoms with Crippen molar-refractivity contribution in [2.75, 3.05) is 12.3 Å². The van der Waals surface area contributed by atoms with Crippen molar-refractivity contribution in [2.45, 2.75) is 95.8 Å². The number of nitrogens with one attached hydrogen (secondary N) is 1. The summed E-state index contributed by atoms with van der Waals surface area (Å²) in [7, 11) is -4.11. The maximum Gasteiger partial charge on any atom is 0.491 e. The molecule has 0 bridgehead atoms. The molecule has 3 atom stereocenters. The van der Waals surface area contributed by atoms with Gasteiger partial charge in [0.2, 0.25) is 0 Å². The summed E-state index contributed by atoms with van der Waals surface area (Å²) >= 11 is 0. The summed E-state index contributed by atoms with van der Waals surface area (Å²) in [5.74, 6) is -10.5. The van der Waals surface area contributed by atoms with Crippen molar-refractivity contribution in [3.63, 3.8) is 0 Å². The third kappa shape index (κ3) is 13.6. The van der Waals surface area contributed by atoms with E-state index < -0.39 is 81.0 Å². The van der Waals surface area contributed by atoms with Crippen LogP contribution in [-0.4, -0.2) is 62.2 Å². The Morgan fingerprint density at radius 2 is 1.52 bits per heavy atom. The Kier molecular flexibility index (Phi) is 16.1. The van der Waals surface area contributed by atoms with Crippen molar-refractivity contribution >= 4 is 27.7 Å². The van der Waals surface area contributed by atoms with Gasteiger partial charge in [-0.2, -0.15) is 13.2 Å². The topological polar surface area (TPSA) is 142 Å². The van der Waals surface area contributed by atoms with Crippen LogP contribution in [0.1, 0.15) is 69.6 Å². The average molecular weight is 707 g/mol. The number of hydrogen-bond acceptors (Lipinski definition) is 9. The van der Waals surface area contributed by atoms with Crippen LogP contribution in [0, 0.1) is 17.6 Å². The molecule has 0 fully saturated rings. The van der Waals surface area contributed by atoms with Gasteiger partial charge in [-0.25, -0.2) is 22.0 Å². The highest BCUT2D eigenvalue weighted by Gasteiger charge is 2.43. The molecule has 48 heavy (non-hydrogen) atoms. The number of sulfone groups is 1. The minimum absolute atomic E-state index is 0.132. The second-order valence-corrected chi connectivity index (χ2v) is 13.9. The Labute approximate surface area is 277 Å². The Morgan fingerprint density at radius 1 is 0.917 bits per heavy atom. The van der Waals surface area contributed by atoms with E-state index in [1.54, 1.807) is 13.8 Å². The summed E-state index contributed by atoms with van der Waals surface area (Å²) in [6, 6.07) is 9.21. The molecular formula is C33H43F5N2O7S. The summed E-state index contributed by atoms with van der Waals surface area (Å²) in [5, 5.41) is 2.18. The molecule has 0 radical (unpaired) electrons. The van der Waals surface area contributed by atoms with Crippen LogP contribution in [0.3, 0.4) is 0 Å². The Hall–Kier alpha value is -3.43. The number of nitrogens with two attached hydrogens (primary N) is 1. The zero-order valence-electron chi connectivity index (χ0n) is 27.2. The highest BCUT2D eigenvalue weighted by Crippen LogP contribution is 2.23. The number of carbonyl (C=O) groups is 3. The zero-order chi connectivity index (χ0) is 36.1. The smallest absolute Gasteiger partial charge is 0.459 e. The lowest BCUT2D eigenvalue weighted by atomic mass is 10.0. The molecule has 0 spiro atoms. The molecule has 0 aliphatic rings. The predicted molar refractivity (Wildman–Crippen MR) is 168 cm³/mol. The maximum absolute atomic E-state index is 13.9. The fourth-order valence-electron chi connectivity index (χ4n) is 5.15. The molecule has 0 aliphatic heterocycles. The molecule has 3 N–H and O–H groups in total. The van der Waals surface area contributed by atoms with Gasteiger partial charge in [0.25, 0.3) is 0 Å². The minimum Gasteiger partial charge on any atom is -0.459 e. The molecular weight excluding hydrogens is 663 g/mol. The molecule has 2 rings (SSSR count). The van der Waals surface area contributed by atoms with Gasteiger partial charge >= 0.3 is 24.1 Å². The molecule has 268 valence electrons. The first-order valence-corrected chi connectivity index (χ1v) is 17.4. The Bertz CT molecular complexity index is 1460. The number of aryl methyl sites for hydroxylation is 1. The molecule has 0 saturated carbocycles. The average Bonchev–Trinajstić information content (AvgIpc) is 2.99. The monoisotopic (exact) mass is 706 g/mol. The van der Waals surface area contributed by atoms with E-state index in [0.29, 0.717) is 18.9 Å². The summed E-state index contributed by atoms with van der Waals surface area (Å²) in [5.41, 5.74) is 8.42. The van der Waals surface area contributed by atoms with E-state index in [0.717, 1.165) is 29.7 Å². The van der Waals surface area contributed by atoms with E-state index in [1.165, 1.54) is 0 Å². The molecule has 15 heteroatoms. The molecule has 0 heterocycles. The van der Waals surface area contributed by atoms with Gasteiger partial charge in [0, 0.05) is 25.2 Å². The van der Waals surface area contributed by atoms with Crippen LogP contribution < -0.4 is 11.1 Å². The minimum atomic E-state index is -5.51. The number of alkyl halides is 3. The van der Waals surface area contributed by atoms with E-state index in [2.05, 4.69) is 10.1 Å². The normalized spacial score (nSPS) is 14.0. The lowest BCUT2D eigenvalue weighted by Crippen LogP contribution is -2.47. The van der Waals surface area contributed by atoms with E-state index in [9.17, 15) is 44.8 Å². The summed E-state index contributed by atoms with van der Waals surface area (Å²) < 4.78 is 102. The quantitative estimate of drug-likeness (QED) is 0.116. The number of ether oxygens (including phenoxy) is 2. The van der Waals surface area contributed by atoms with Gasteiger partial charge in [0.05, 0.1) is 23.3 Å². The van der Waals surface area contributed by atoms with E-state index in [1.807, 2.05) is 31.2 Å². The van der Waals surface area contributed by atoms with Gasteiger partial charge in [0.1, 0.15) is 17.7 Å². The molecule has 9 nitrogen and oxygen atoms in total. The van der Waals surface area contributed by atoms with Crippen molar-refractivity contribution in [2.24, 2.45) is 11.7 Å². The van der Waals surface area contributed by atoms with Crippen LogP contribution >= 0.6 is 0 Å². The SMILES string of the molecule is CCCC(CCC)S(=O)(=O)CC(CC(=O)OC(=O)C(F)(F)F)C(=O)O[C@H](CNCc1cccc(CC)c1)[C@@H](N)Cc1cc(F)cc(F)c1. The van der Waals surface area contributed by atoms with Crippen LogP contribution in [0.15, 0.2) is 42.5 Å². The highest BCUT2D eigenvalue weighted by atomic mass is 32.2. The second-order valence-electron chi connectivity index (χ2n) is 11.6. The molecule has 0 saturated heterocycles. The van der Waals surface area contributed by atoms with Crippen molar-refractivity contribution in [3.05, 3.63) is 70.8 Å². The first-order chi connectivity index (χ1) is 22.5. The molecule has 0 aromatic heterocycles. The van der Waals surface area contributed by atoms with Gasteiger partial charge in [-0.3, -0.25) is 9.59 Å². The second kappa shape index (κ2) is 18.9. The first kappa shape index (κ1) is 40.7. The summed E-state index contributed by atoms with van der Waals surface area (Å²) in [4.78, 5) is 37.2. The lowest BCUT2D eigenvalue weighted by Gasteiger charge is -2.27. The third-order valence-corrected chi connectivity index (χ3v) is 9.91. The van der Waals surface area contributed by atoms with Crippen molar-refractivity contribution in [1.29, 1.82) is 0 Å². The fraction of sp³-hybridized carbons (Fsp3) is 0.545. The van der Waals surface area contributed by atoms with Crippen LogP contribution in [0.25, 0.3) is 0 Å². The molecule has 2 aromatic rings. The number of esters is 3. The summed E-state index contributed by atoms with van der Waals surface area (Å²) in [6.45, 7) is 5.64. The Morgan fingerprint density at radius 3 is 2.08 bits per heavy atom. The van der Waals surface area contributed by atoms with Crippen molar-refractivity contribution < 1.29 is 54.2 Å². The zero-order valence-corrected chi connectivity index (χ0v) is 28.0. The summed E-state index contributed by atoms with van der Waals surface area (Å²) in [6.07, 6.45) is -5.98. The van der Waals surface area contributed by atoms with Crippen LogP contribution in [0.4, 0.5) is 22.0 Å². The van der Waals surface area contributed by atoms with Gasteiger partial charge in [-0.15, -0.1) is 0 Å². The van der Waals surface area contributed by atoms with Gasteiger partial charge in [-0.1, -0.05) is 57.9 Å². The molecule has 1 unspecified atom stereocenters. The Balaban J connectivity index is 2.38. The maximum atomic E-state index is 13.9. The van der Waals surface area contributed by atoms with Gasteiger partial charge < -0.3 is 20.5 Å². The van der Waals surface area contributed by atoms with Gasteiger partial charge in [-0.05, 0) is 54.5 Å². The molecule has 0 amide bonds. The van der Waals surface area contributed by atoms with Gasteiger partial charge in [0.15, 0.2) is 9.84 Å². The fourth-order valence-corrected chi connectivity index (χ4v) is 7.43. The standard InChI is InChI=1S/C33H43F5N2O7S/c1-4-8-27(9-5-2)48(44,45)20-24(16-30(41)47-32(43)33(36,37)38)31(42)46-29(19-40-18-22-11-7-10-21(6-3)12-22)28(39)15-23-13-25(34)17-26(35)14-23/h7,10-14,17,24,27-29,40H,4-6,8-9,15-16,18-20,39H2,1-3H3/t24?,28-,29+/m0/s1. The highest BCUT2D eigenvalue weighted by molar-refractivity contribution is 7.92. The third-order valence-electron chi connectivity index (χ3n) is 7.56. The largest absolute Gasteiger partial charge is 0.491 e. The van der Waals surface area contributed by atoms with Crippen LogP contribution in [0.5, 0.6) is 0 Å². The number of halogens is 5. The number of benzene rings is 2. The number of carbonyl (C=O) groups excluding carboxylic acids is 3. The van der Waals surface area contributed by atoms with Crippen molar-refractivity contribution in [1.82, 2.24) is 5.32 Å². The van der Waals surface area contributed by atoms with E-state index in [4.69, 9.17) is 10.5 Å². The first-order valence-electron chi connectivity index (χ1n) is 15.7. The van der Waals surface area contributed by atoms with E-state index in [-0.39, 0.29) is 37.9 Å². The number of hydrogen-bond donors (Lipinski definition) is 2.